The van der Waals surface area contributed by atoms with Crippen LogP contribution in [0.3, 0.4) is 0 Å². The van der Waals surface area contributed by atoms with Gasteiger partial charge in [0.15, 0.2) is 0 Å². The van der Waals surface area contributed by atoms with E-state index in [4.69, 9.17) is 11.5 Å². The molecule has 1 amide bonds. The highest BCUT2D eigenvalue weighted by atomic mass is 16.1. The second-order valence-corrected chi connectivity index (χ2v) is 6.57. The summed E-state index contributed by atoms with van der Waals surface area (Å²) in [5.74, 6) is 0.605. The van der Waals surface area contributed by atoms with Gasteiger partial charge >= 0.3 is 0 Å². The first-order valence-electron chi connectivity index (χ1n) is 8.52. The highest BCUT2D eigenvalue weighted by Crippen LogP contribution is 2.25. The third kappa shape index (κ3) is 3.94. The van der Waals surface area contributed by atoms with Gasteiger partial charge in [0.25, 0.3) is 5.91 Å². The fraction of sp³-hybridized carbons (Fsp3) is 0.263. The number of nitrogens with zero attached hydrogens (tertiary/aromatic N) is 2. The number of benzene rings is 2. The van der Waals surface area contributed by atoms with Gasteiger partial charge in [-0.05, 0) is 63.5 Å². The number of carbonyl (C=O) groups excluding carboxylic acids is 1. The molecule has 0 aliphatic carbocycles. The molecule has 2 aromatic carbocycles. The van der Waals surface area contributed by atoms with Crippen LogP contribution in [0.15, 0.2) is 36.4 Å². The largest absolute Gasteiger partial charge is 0.397 e. The maximum absolute atomic E-state index is 12.3. The van der Waals surface area contributed by atoms with Crippen LogP contribution in [0.25, 0.3) is 22.4 Å². The normalized spacial score (nSPS) is 11.2. The molecule has 7 nitrogen and oxygen atoms in total. The summed E-state index contributed by atoms with van der Waals surface area (Å²) in [6.07, 6.45) is 0.910. The molecule has 0 fully saturated rings. The van der Waals surface area contributed by atoms with Crippen LogP contribution in [0.5, 0.6) is 0 Å². The monoisotopic (exact) mass is 352 g/mol. The molecular formula is C19H24N6O. The van der Waals surface area contributed by atoms with Crippen LogP contribution in [0, 0.1) is 0 Å². The Morgan fingerprint density at radius 1 is 1.15 bits per heavy atom. The molecule has 6 N–H and O–H groups in total. The molecule has 7 heteroatoms. The number of aromatic nitrogens is 2. The summed E-state index contributed by atoms with van der Waals surface area (Å²) in [6, 6.07) is 10.8. The fourth-order valence-electron chi connectivity index (χ4n) is 2.71. The number of aromatic amines is 1. The molecule has 0 unspecified atom stereocenters. The molecule has 0 spiro atoms. The van der Waals surface area contributed by atoms with E-state index in [0.717, 1.165) is 29.6 Å². The lowest BCUT2D eigenvalue weighted by Gasteiger charge is -2.09. The molecule has 3 aromatic rings. The van der Waals surface area contributed by atoms with Crippen LogP contribution < -0.4 is 16.8 Å². The number of hydrogen-bond acceptors (Lipinski definition) is 5. The van der Waals surface area contributed by atoms with Crippen LogP contribution in [-0.4, -0.2) is 48.0 Å². The number of imidazole rings is 1. The quantitative estimate of drug-likeness (QED) is 0.401. The van der Waals surface area contributed by atoms with Gasteiger partial charge < -0.3 is 26.7 Å². The molecule has 0 saturated heterocycles. The Morgan fingerprint density at radius 2 is 1.96 bits per heavy atom. The van der Waals surface area contributed by atoms with E-state index in [1.165, 1.54) is 0 Å². The summed E-state index contributed by atoms with van der Waals surface area (Å²) in [5, 5.41) is 2.94. The van der Waals surface area contributed by atoms with Crippen molar-refractivity contribution in [2.45, 2.75) is 6.42 Å². The minimum Gasteiger partial charge on any atom is -0.397 e. The first-order chi connectivity index (χ1) is 12.4. The number of nitrogens with two attached hydrogens (primary N) is 2. The van der Waals surface area contributed by atoms with E-state index < -0.39 is 0 Å². The van der Waals surface area contributed by atoms with Crippen molar-refractivity contribution in [2.75, 3.05) is 38.7 Å². The zero-order valence-corrected chi connectivity index (χ0v) is 15.0. The second-order valence-electron chi connectivity index (χ2n) is 6.57. The topological polar surface area (TPSA) is 113 Å². The maximum Gasteiger partial charge on any atom is 0.251 e. The Bertz CT molecular complexity index is 931. The molecule has 0 atom stereocenters. The number of amides is 1. The summed E-state index contributed by atoms with van der Waals surface area (Å²) in [5.41, 5.74) is 15.7. The molecule has 0 bridgehead atoms. The zero-order valence-electron chi connectivity index (χ0n) is 15.0. The standard InChI is InChI=1S/C19H24N6O/c1-25(2)9-3-8-22-19(26)13-5-7-16-17(11-13)24-18(23-16)12-4-6-14(20)15(21)10-12/h4-7,10-11H,3,8-9,20-21H2,1-2H3,(H,22,26)(H,23,24). The minimum absolute atomic E-state index is 0.0847. The average Bonchev–Trinajstić information content (AvgIpc) is 3.04. The number of fused-ring (bicyclic) bond motifs is 1. The van der Waals surface area contributed by atoms with E-state index in [-0.39, 0.29) is 5.91 Å². The van der Waals surface area contributed by atoms with Crippen molar-refractivity contribution in [2.24, 2.45) is 0 Å². The van der Waals surface area contributed by atoms with Gasteiger partial charge in [-0.25, -0.2) is 4.98 Å². The first-order valence-corrected chi connectivity index (χ1v) is 8.52. The summed E-state index contributed by atoms with van der Waals surface area (Å²) in [7, 11) is 4.03. The Morgan fingerprint density at radius 3 is 2.69 bits per heavy atom. The molecule has 0 saturated carbocycles. The van der Waals surface area contributed by atoms with Crippen LogP contribution in [-0.2, 0) is 0 Å². The molecule has 136 valence electrons. The van der Waals surface area contributed by atoms with Gasteiger partial charge in [0.1, 0.15) is 5.82 Å². The number of anilines is 2. The SMILES string of the molecule is CN(C)CCCNC(=O)c1ccc2nc(-c3ccc(N)c(N)c3)[nH]c2c1. The van der Waals surface area contributed by atoms with E-state index in [0.29, 0.717) is 29.3 Å². The third-order valence-electron chi connectivity index (χ3n) is 4.17. The van der Waals surface area contributed by atoms with E-state index in [2.05, 4.69) is 20.2 Å². The molecule has 26 heavy (non-hydrogen) atoms. The summed E-state index contributed by atoms with van der Waals surface area (Å²) in [4.78, 5) is 22.2. The first kappa shape index (κ1) is 17.8. The van der Waals surface area contributed by atoms with Gasteiger partial charge in [-0.3, -0.25) is 4.79 Å². The van der Waals surface area contributed by atoms with E-state index in [9.17, 15) is 4.79 Å². The van der Waals surface area contributed by atoms with Crippen LogP contribution in [0.4, 0.5) is 11.4 Å². The van der Waals surface area contributed by atoms with Crippen molar-refractivity contribution in [3.63, 3.8) is 0 Å². The number of carbonyl (C=O) groups is 1. The van der Waals surface area contributed by atoms with Crippen molar-refractivity contribution in [1.29, 1.82) is 0 Å². The van der Waals surface area contributed by atoms with E-state index in [1.54, 1.807) is 18.2 Å². The Hall–Kier alpha value is -3.06. The van der Waals surface area contributed by atoms with Crippen LogP contribution in [0.2, 0.25) is 0 Å². The minimum atomic E-state index is -0.0847. The number of rotatable bonds is 6. The van der Waals surface area contributed by atoms with Gasteiger partial charge in [0.05, 0.1) is 22.4 Å². The Balaban J connectivity index is 1.76. The van der Waals surface area contributed by atoms with Gasteiger partial charge in [0.2, 0.25) is 0 Å². The van der Waals surface area contributed by atoms with Crippen molar-refractivity contribution in [1.82, 2.24) is 20.2 Å². The summed E-state index contributed by atoms with van der Waals surface area (Å²) >= 11 is 0. The molecular weight excluding hydrogens is 328 g/mol. The summed E-state index contributed by atoms with van der Waals surface area (Å²) < 4.78 is 0. The zero-order chi connectivity index (χ0) is 18.7. The van der Waals surface area contributed by atoms with Gasteiger partial charge in [-0.2, -0.15) is 0 Å². The number of H-pyrrole nitrogens is 1. The molecule has 3 rings (SSSR count). The van der Waals surface area contributed by atoms with E-state index in [1.807, 2.05) is 32.3 Å². The van der Waals surface area contributed by atoms with Gasteiger partial charge in [-0.15, -0.1) is 0 Å². The van der Waals surface area contributed by atoms with Crippen LogP contribution >= 0.6 is 0 Å². The lowest BCUT2D eigenvalue weighted by Crippen LogP contribution is -2.27. The fourth-order valence-corrected chi connectivity index (χ4v) is 2.71. The lowest BCUT2D eigenvalue weighted by atomic mass is 10.1. The number of nitrogens with one attached hydrogen (secondary N) is 2. The lowest BCUT2D eigenvalue weighted by molar-refractivity contribution is 0.0952. The molecule has 0 radical (unpaired) electrons. The second kappa shape index (κ2) is 7.45. The predicted molar refractivity (Wildman–Crippen MR) is 106 cm³/mol. The predicted octanol–water partition coefficient (Wildman–Crippen LogP) is 2.08. The molecule has 1 heterocycles. The van der Waals surface area contributed by atoms with Crippen molar-refractivity contribution in [3.05, 3.63) is 42.0 Å². The third-order valence-corrected chi connectivity index (χ3v) is 4.17. The highest BCUT2D eigenvalue weighted by molar-refractivity contribution is 5.97. The van der Waals surface area contributed by atoms with Crippen molar-refractivity contribution in [3.8, 4) is 11.4 Å². The van der Waals surface area contributed by atoms with E-state index >= 15 is 0 Å². The summed E-state index contributed by atoms with van der Waals surface area (Å²) in [6.45, 7) is 1.59. The van der Waals surface area contributed by atoms with Crippen molar-refractivity contribution >= 4 is 28.3 Å². The molecule has 0 aliphatic heterocycles. The smallest absolute Gasteiger partial charge is 0.251 e. The molecule has 0 aliphatic rings. The average molecular weight is 352 g/mol. The van der Waals surface area contributed by atoms with Crippen LogP contribution in [0.1, 0.15) is 16.8 Å². The Kier molecular flexibility index (Phi) is 5.09. The maximum atomic E-state index is 12.3. The molecule has 1 aromatic heterocycles. The van der Waals surface area contributed by atoms with Crippen molar-refractivity contribution < 1.29 is 4.79 Å². The Labute approximate surface area is 152 Å². The van der Waals surface area contributed by atoms with Gasteiger partial charge in [-0.1, -0.05) is 0 Å². The number of nitrogen functional groups attached to an aromatic ring is 2. The van der Waals surface area contributed by atoms with Gasteiger partial charge in [0, 0.05) is 17.7 Å². The highest BCUT2D eigenvalue weighted by Gasteiger charge is 2.10. The number of hydrogen-bond donors (Lipinski definition) is 4.